The zero-order valence-corrected chi connectivity index (χ0v) is 10.6. The Kier molecular flexibility index (Phi) is 2.60. The van der Waals surface area contributed by atoms with E-state index in [0.717, 1.165) is 5.69 Å². The first-order valence-electron chi connectivity index (χ1n) is 6.17. The van der Waals surface area contributed by atoms with Crippen LogP contribution in [-0.2, 0) is 0 Å². The highest BCUT2D eigenvalue weighted by molar-refractivity contribution is 5.96. The van der Waals surface area contributed by atoms with Gasteiger partial charge in [0, 0.05) is 17.1 Å². The maximum Gasteiger partial charge on any atom is 0.0780 e. The molecule has 1 nitrogen and oxygen atoms in total. The van der Waals surface area contributed by atoms with Gasteiger partial charge in [0.2, 0.25) is 0 Å². The molecule has 0 fully saturated rings. The van der Waals surface area contributed by atoms with Crippen molar-refractivity contribution in [2.45, 2.75) is 13.8 Å². The number of fused-ring (bicyclic) bond motifs is 1. The number of hydrogen-bond acceptors (Lipinski definition) is 1. The van der Waals surface area contributed by atoms with Gasteiger partial charge in [-0.15, -0.1) is 0 Å². The second kappa shape index (κ2) is 4.26. The summed E-state index contributed by atoms with van der Waals surface area (Å²) in [5.41, 5.74) is 4.76. The Labute approximate surface area is 107 Å². The van der Waals surface area contributed by atoms with Crippen LogP contribution >= 0.6 is 0 Å². The molecule has 3 rings (SSSR count). The number of rotatable bonds is 1. The van der Waals surface area contributed by atoms with E-state index in [0.29, 0.717) is 0 Å². The quantitative estimate of drug-likeness (QED) is 0.602. The molecule has 3 aromatic rings. The number of hydrogen-bond donors (Lipinski definition) is 0. The average Bonchev–Trinajstić information content (AvgIpc) is 2.41. The third-order valence-electron chi connectivity index (χ3n) is 3.29. The molecule has 2 aromatic carbocycles. The molecule has 0 aliphatic heterocycles. The molecule has 1 heterocycles. The number of pyridine rings is 1. The molecule has 0 radical (unpaired) electrons. The zero-order chi connectivity index (χ0) is 12.5. The van der Waals surface area contributed by atoms with Gasteiger partial charge < -0.3 is 0 Å². The molecule has 1 heteroatoms. The first kappa shape index (κ1) is 11.0. The third-order valence-corrected chi connectivity index (χ3v) is 3.29. The van der Waals surface area contributed by atoms with Crippen LogP contribution in [0.3, 0.4) is 0 Å². The lowest BCUT2D eigenvalue weighted by molar-refractivity contribution is 1.30. The van der Waals surface area contributed by atoms with E-state index in [-0.39, 0.29) is 0 Å². The summed E-state index contributed by atoms with van der Waals surface area (Å²) in [5.74, 6) is 0. The van der Waals surface area contributed by atoms with Gasteiger partial charge in [0.15, 0.2) is 0 Å². The lowest BCUT2D eigenvalue weighted by Gasteiger charge is -2.09. The Morgan fingerprint density at radius 1 is 0.833 bits per heavy atom. The van der Waals surface area contributed by atoms with Crippen molar-refractivity contribution in [1.82, 2.24) is 4.98 Å². The highest BCUT2D eigenvalue weighted by Gasteiger charge is 2.07. The van der Waals surface area contributed by atoms with Crippen LogP contribution in [0.1, 0.15) is 11.1 Å². The zero-order valence-electron chi connectivity index (χ0n) is 10.6. The first-order valence-corrected chi connectivity index (χ1v) is 6.17. The fourth-order valence-corrected chi connectivity index (χ4v) is 2.32. The summed E-state index contributed by atoms with van der Waals surface area (Å²) < 4.78 is 0. The molecule has 0 N–H and O–H groups in total. The van der Waals surface area contributed by atoms with Crippen molar-refractivity contribution in [1.29, 1.82) is 0 Å². The van der Waals surface area contributed by atoms with Crippen LogP contribution in [0.5, 0.6) is 0 Å². The van der Waals surface area contributed by atoms with Gasteiger partial charge in [0.1, 0.15) is 0 Å². The molecule has 0 aliphatic rings. The Morgan fingerprint density at radius 3 is 2.39 bits per heavy atom. The molecule has 0 saturated carbocycles. The van der Waals surface area contributed by atoms with Gasteiger partial charge in [0.25, 0.3) is 0 Å². The molecule has 0 bridgehead atoms. The summed E-state index contributed by atoms with van der Waals surface area (Å²) in [6.45, 7) is 4.24. The summed E-state index contributed by atoms with van der Waals surface area (Å²) in [6.07, 6.45) is 1.96. The predicted molar refractivity (Wildman–Crippen MR) is 76.7 cm³/mol. The maximum absolute atomic E-state index is 4.61. The lowest BCUT2D eigenvalue weighted by Crippen LogP contribution is -1.89. The van der Waals surface area contributed by atoms with E-state index >= 15 is 0 Å². The minimum Gasteiger partial charge on any atom is -0.255 e. The highest BCUT2D eigenvalue weighted by atomic mass is 14.7. The average molecular weight is 233 g/mol. The van der Waals surface area contributed by atoms with E-state index < -0.39 is 0 Å². The van der Waals surface area contributed by atoms with Crippen LogP contribution < -0.4 is 0 Å². The summed E-state index contributed by atoms with van der Waals surface area (Å²) >= 11 is 0. The van der Waals surface area contributed by atoms with Gasteiger partial charge in [-0.1, -0.05) is 54.1 Å². The van der Waals surface area contributed by atoms with Crippen molar-refractivity contribution in [2.24, 2.45) is 0 Å². The first-order chi connectivity index (χ1) is 8.75. The van der Waals surface area contributed by atoms with E-state index in [2.05, 4.69) is 61.3 Å². The number of aryl methyl sites for hydroxylation is 2. The van der Waals surface area contributed by atoms with E-state index in [9.17, 15) is 0 Å². The van der Waals surface area contributed by atoms with Crippen LogP contribution in [0.25, 0.3) is 22.0 Å². The molecule has 0 atom stereocenters. The Morgan fingerprint density at radius 2 is 1.61 bits per heavy atom. The predicted octanol–water partition coefficient (Wildman–Crippen LogP) is 4.52. The molecule has 0 unspecified atom stereocenters. The summed E-state index contributed by atoms with van der Waals surface area (Å²) in [7, 11) is 0. The fourth-order valence-electron chi connectivity index (χ4n) is 2.32. The normalized spacial score (nSPS) is 10.8. The van der Waals surface area contributed by atoms with Crippen molar-refractivity contribution < 1.29 is 0 Å². The monoisotopic (exact) mass is 233 g/mol. The van der Waals surface area contributed by atoms with Crippen LogP contribution in [0.2, 0.25) is 0 Å². The number of aromatic nitrogens is 1. The van der Waals surface area contributed by atoms with Crippen molar-refractivity contribution in [2.75, 3.05) is 0 Å². The maximum atomic E-state index is 4.61. The van der Waals surface area contributed by atoms with E-state index in [1.54, 1.807) is 0 Å². The van der Waals surface area contributed by atoms with Crippen LogP contribution in [0.15, 0.2) is 54.7 Å². The van der Waals surface area contributed by atoms with Crippen molar-refractivity contribution >= 4 is 10.8 Å². The Bertz CT molecular complexity index is 699. The number of nitrogens with zero attached hydrogens (tertiary/aromatic N) is 1. The molecule has 0 amide bonds. The molecular weight excluding hydrogens is 218 g/mol. The minimum atomic E-state index is 1.07. The molecule has 0 saturated heterocycles. The van der Waals surface area contributed by atoms with Gasteiger partial charge in [-0.2, -0.15) is 0 Å². The highest BCUT2D eigenvalue weighted by Crippen LogP contribution is 2.28. The van der Waals surface area contributed by atoms with E-state index in [1.165, 1.54) is 27.5 Å². The third kappa shape index (κ3) is 1.78. The van der Waals surface area contributed by atoms with Gasteiger partial charge >= 0.3 is 0 Å². The lowest BCUT2D eigenvalue weighted by atomic mass is 10.00. The van der Waals surface area contributed by atoms with Crippen molar-refractivity contribution in [3.8, 4) is 11.3 Å². The second-order valence-electron chi connectivity index (χ2n) is 4.70. The molecule has 88 valence electrons. The molecule has 18 heavy (non-hydrogen) atoms. The molecule has 1 aromatic heterocycles. The Hall–Kier alpha value is -2.15. The van der Waals surface area contributed by atoms with Crippen molar-refractivity contribution in [3.63, 3.8) is 0 Å². The largest absolute Gasteiger partial charge is 0.255 e. The van der Waals surface area contributed by atoms with Crippen LogP contribution in [0, 0.1) is 13.8 Å². The SMILES string of the molecule is Cc1ccc2c(-c3ccccc3)ncc(C)c2c1. The summed E-state index contributed by atoms with van der Waals surface area (Å²) in [6, 6.07) is 16.9. The molecular formula is C17H15N. The van der Waals surface area contributed by atoms with Crippen LogP contribution in [-0.4, -0.2) is 4.98 Å². The summed E-state index contributed by atoms with van der Waals surface area (Å²) in [5, 5.41) is 2.52. The van der Waals surface area contributed by atoms with E-state index in [1.807, 2.05) is 12.3 Å². The standard InChI is InChI=1S/C17H15N/c1-12-8-9-15-16(10-12)13(2)11-18-17(15)14-6-4-3-5-7-14/h3-11H,1-2H3. The van der Waals surface area contributed by atoms with E-state index in [4.69, 9.17) is 0 Å². The van der Waals surface area contributed by atoms with Gasteiger partial charge in [-0.05, 0) is 24.8 Å². The smallest absolute Gasteiger partial charge is 0.0780 e. The van der Waals surface area contributed by atoms with Gasteiger partial charge in [0.05, 0.1) is 5.69 Å². The van der Waals surface area contributed by atoms with Crippen LogP contribution in [0.4, 0.5) is 0 Å². The molecule has 0 aliphatic carbocycles. The van der Waals surface area contributed by atoms with Gasteiger partial charge in [-0.25, -0.2) is 0 Å². The Balaban J connectivity index is 2.35. The van der Waals surface area contributed by atoms with Gasteiger partial charge in [-0.3, -0.25) is 4.98 Å². The topological polar surface area (TPSA) is 12.9 Å². The minimum absolute atomic E-state index is 1.07. The summed E-state index contributed by atoms with van der Waals surface area (Å²) in [4.78, 5) is 4.61. The van der Waals surface area contributed by atoms with Crippen molar-refractivity contribution in [3.05, 3.63) is 65.9 Å². The fraction of sp³-hybridized carbons (Fsp3) is 0.118. The second-order valence-corrected chi connectivity index (χ2v) is 4.70. The molecule has 0 spiro atoms. The number of benzene rings is 2.